The average molecular weight is 390 g/mol. The number of amides is 2. The second-order valence-electron chi connectivity index (χ2n) is 5.68. The molecule has 27 heavy (non-hydrogen) atoms. The van der Waals surface area contributed by atoms with Crippen LogP contribution in [0.5, 0.6) is 0 Å². The molecule has 1 aromatic carbocycles. The number of hydrogen-bond acceptors (Lipinski definition) is 4. The van der Waals surface area contributed by atoms with Crippen molar-refractivity contribution in [1.29, 1.82) is 0 Å². The molecule has 9 heteroatoms. The van der Waals surface area contributed by atoms with Gasteiger partial charge < -0.3 is 10.6 Å². The van der Waals surface area contributed by atoms with Gasteiger partial charge >= 0.3 is 0 Å². The Kier molecular flexibility index (Phi) is 5.31. The van der Waals surface area contributed by atoms with Gasteiger partial charge in [0.15, 0.2) is 5.82 Å². The lowest BCUT2D eigenvalue weighted by Crippen LogP contribution is -2.17. The summed E-state index contributed by atoms with van der Waals surface area (Å²) in [7, 11) is 0. The normalized spacial score (nSPS) is 10.7. The van der Waals surface area contributed by atoms with Crippen LogP contribution in [-0.4, -0.2) is 21.6 Å². The molecule has 0 saturated heterocycles. The van der Waals surface area contributed by atoms with Gasteiger partial charge in [0.05, 0.1) is 16.1 Å². The number of aromatic nitrogens is 2. The molecule has 0 aliphatic heterocycles. The van der Waals surface area contributed by atoms with E-state index < -0.39 is 29.0 Å². The molecule has 0 radical (unpaired) electrons. The Morgan fingerprint density at radius 2 is 1.93 bits per heavy atom. The molecule has 0 fully saturated rings. The van der Waals surface area contributed by atoms with Crippen LogP contribution in [0.3, 0.4) is 0 Å². The van der Waals surface area contributed by atoms with E-state index >= 15 is 0 Å². The van der Waals surface area contributed by atoms with Crippen molar-refractivity contribution in [3.8, 4) is 0 Å². The first-order valence-electron chi connectivity index (χ1n) is 8.08. The van der Waals surface area contributed by atoms with Gasteiger partial charge in [-0.1, -0.05) is 6.07 Å². The van der Waals surface area contributed by atoms with E-state index in [9.17, 15) is 18.4 Å². The lowest BCUT2D eigenvalue weighted by Gasteiger charge is -2.09. The maximum atomic E-state index is 14.1. The van der Waals surface area contributed by atoms with Crippen molar-refractivity contribution in [3.63, 3.8) is 0 Å². The average Bonchev–Trinajstić information content (AvgIpc) is 3.26. The zero-order chi connectivity index (χ0) is 19.6. The van der Waals surface area contributed by atoms with E-state index in [1.165, 1.54) is 11.3 Å². The maximum Gasteiger partial charge on any atom is 0.265 e. The van der Waals surface area contributed by atoms with Gasteiger partial charge in [-0.2, -0.15) is 5.10 Å². The summed E-state index contributed by atoms with van der Waals surface area (Å²) in [5.41, 5.74) is 0.146. The maximum absolute atomic E-state index is 14.1. The first-order valence-corrected chi connectivity index (χ1v) is 8.96. The number of hydrogen-bond donors (Lipinski definition) is 2. The van der Waals surface area contributed by atoms with Gasteiger partial charge in [0, 0.05) is 24.4 Å². The Morgan fingerprint density at radius 1 is 1.15 bits per heavy atom. The highest BCUT2D eigenvalue weighted by atomic mass is 32.1. The molecule has 2 aromatic heterocycles. The molecule has 2 amide bonds. The Hall–Kier alpha value is -3.07. The first-order chi connectivity index (χ1) is 12.9. The summed E-state index contributed by atoms with van der Waals surface area (Å²) in [5, 5.41) is 10.7. The monoisotopic (exact) mass is 390 g/mol. The zero-order valence-electron chi connectivity index (χ0n) is 14.5. The summed E-state index contributed by atoms with van der Waals surface area (Å²) in [6.45, 7) is 4.34. The number of thiophene rings is 1. The fourth-order valence-electron chi connectivity index (χ4n) is 2.49. The summed E-state index contributed by atoms with van der Waals surface area (Å²) in [4.78, 5) is 24.8. The summed E-state index contributed by atoms with van der Waals surface area (Å²) in [5.74, 6) is -3.09. The highest BCUT2D eigenvalue weighted by molar-refractivity contribution is 7.12. The molecular formula is C18H16F2N4O2S. The van der Waals surface area contributed by atoms with Gasteiger partial charge in [-0.25, -0.2) is 8.78 Å². The zero-order valence-corrected chi connectivity index (χ0v) is 15.4. The van der Waals surface area contributed by atoms with Crippen molar-refractivity contribution >= 4 is 34.7 Å². The van der Waals surface area contributed by atoms with Gasteiger partial charge in [0.2, 0.25) is 0 Å². The summed E-state index contributed by atoms with van der Waals surface area (Å²) >= 11 is 1.18. The summed E-state index contributed by atoms with van der Waals surface area (Å²) in [6.07, 6.45) is 0. The topological polar surface area (TPSA) is 76.0 Å². The highest BCUT2D eigenvalue weighted by Crippen LogP contribution is 2.22. The van der Waals surface area contributed by atoms with E-state index in [4.69, 9.17) is 0 Å². The Labute approximate surface area is 157 Å². The molecule has 0 spiro atoms. The molecule has 0 aliphatic rings. The van der Waals surface area contributed by atoms with E-state index in [1.54, 1.807) is 28.3 Å². The van der Waals surface area contributed by atoms with E-state index in [2.05, 4.69) is 15.7 Å². The summed E-state index contributed by atoms with van der Waals surface area (Å²) in [6, 6.07) is 6.42. The van der Waals surface area contributed by atoms with Gasteiger partial charge in [-0.15, -0.1) is 11.3 Å². The molecule has 2 heterocycles. The number of carbonyl (C=O) groups is 2. The van der Waals surface area contributed by atoms with E-state index in [0.29, 0.717) is 17.5 Å². The van der Waals surface area contributed by atoms with Crippen LogP contribution in [0.2, 0.25) is 0 Å². The molecule has 0 bridgehead atoms. The van der Waals surface area contributed by atoms with Crippen LogP contribution in [-0.2, 0) is 6.54 Å². The molecule has 0 atom stereocenters. The van der Waals surface area contributed by atoms with Crippen LogP contribution in [0, 0.1) is 18.6 Å². The Morgan fingerprint density at radius 3 is 2.56 bits per heavy atom. The van der Waals surface area contributed by atoms with Crippen molar-refractivity contribution in [2.45, 2.75) is 20.4 Å². The van der Waals surface area contributed by atoms with Crippen molar-refractivity contribution in [2.24, 2.45) is 0 Å². The molecular weight excluding hydrogens is 374 g/mol. The third-order valence-electron chi connectivity index (χ3n) is 3.82. The van der Waals surface area contributed by atoms with Crippen LogP contribution < -0.4 is 10.6 Å². The number of carbonyl (C=O) groups excluding carboxylic acids is 2. The molecule has 2 N–H and O–H groups in total. The van der Waals surface area contributed by atoms with Crippen LogP contribution in [0.1, 0.15) is 32.6 Å². The standard InChI is InChI=1S/C18H16F2N4O2S/c1-3-24-10(2)7-16(23-24)22-17(25)11-8-14(13(20)9-12(11)19)21-18(26)15-5-4-6-27-15/h4-9H,3H2,1-2H3,(H,21,26)(H,22,23,25). The molecule has 6 nitrogen and oxygen atoms in total. The number of rotatable bonds is 5. The molecule has 140 valence electrons. The largest absolute Gasteiger partial charge is 0.319 e. The van der Waals surface area contributed by atoms with Gasteiger partial charge in [0.25, 0.3) is 11.8 Å². The SMILES string of the molecule is CCn1nc(NC(=O)c2cc(NC(=O)c3cccs3)c(F)cc2F)cc1C. The highest BCUT2D eigenvalue weighted by Gasteiger charge is 2.19. The van der Waals surface area contributed by atoms with Crippen LogP contribution in [0.15, 0.2) is 35.7 Å². The van der Waals surface area contributed by atoms with Gasteiger partial charge in [0.1, 0.15) is 11.6 Å². The number of anilines is 2. The van der Waals surface area contributed by atoms with Crippen LogP contribution in [0.4, 0.5) is 20.3 Å². The quantitative estimate of drug-likeness (QED) is 0.690. The number of benzene rings is 1. The molecule has 3 aromatic rings. The van der Waals surface area contributed by atoms with Gasteiger partial charge in [-0.05, 0) is 31.4 Å². The second kappa shape index (κ2) is 7.67. The second-order valence-corrected chi connectivity index (χ2v) is 6.63. The summed E-state index contributed by atoms with van der Waals surface area (Å²) < 4.78 is 29.8. The van der Waals surface area contributed by atoms with Crippen LogP contribution in [0.25, 0.3) is 0 Å². The smallest absolute Gasteiger partial charge is 0.265 e. The predicted octanol–water partition coefficient (Wildman–Crippen LogP) is 4.06. The van der Waals surface area contributed by atoms with Crippen molar-refractivity contribution in [2.75, 3.05) is 10.6 Å². The number of nitrogens with one attached hydrogen (secondary N) is 2. The lowest BCUT2D eigenvalue weighted by molar-refractivity contribution is 0.101. The molecule has 3 rings (SSSR count). The van der Waals surface area contributed by atoms with E-state index in [0.717, 1.165) is 11.8 Å². The third-order valence-corrected chi connectivity index (χ3v) is 4.69. The fourth-order valence-corrected chi connectivity index (χ4v) is 3.10. The van der Waals surface area contributed by atoms with Crippen molar-refractivity contribution in [3.05, 3.63) is 63.5 Å². The van der Waals surface area contributed by atoms with Crippen molar-refractivity contribution in [1.82, 2.24) is 9.78 Å². The predicted molar refractivity (Wildman–Crippen MR) is 99.2 cm³/mol. The minimum absolute atomic E-state index is 0.257. The minimum Gasteiger partial charge on any atom is -0.319 e. The first kappa shape index (κ1) is 18.7. The number of nitrogens with zero attached hydrogens (tertiary/aromatic N) is 2. The lowest BCUT2D eigenvalue weighted by atomic mass is 10.1. The minimum atomic E-state index is -1.04. The number of aryl methyl sites for hydroxylation is 2. The molecule has 0 aliphatic carbocycles. The van der Waals surface area contributed by atoms with Crippen molar-refractivity contribution < 1.29 is 18.4 Å². The molecule has 0 unspecified atom stereocenters. The van der Waals surface area contributed by atoms with E-state index in [-0.39, 0.29) is 11.5 Å². The Balaban J connectivity index is 1.84. The van der Waals surface area contributed by atoms with E-state index in [1.807, 2.05) is 13.8 Å². The van der Waals surface area contributed by atoms with Gasteiger partial charge in [-0.3, -0.25) is 14.3 Å². The third kappa shape index (κ3) is 4.03. The fraction of sp³-hybridized carbons (Fsp3) is 0.167. The molecule has 0 saturated carbocycles. The Bertz CT molecular complexity index is 999. The van der Waals surface area contributed by atoms with Crippen LogP contribution >= 0.6 is 11.3 Å². The number of halogens is 2.